The Hall–Kier alpha value is -2.08. The summed E-state index contributed by atoms with van der Waals surface area (Å²) < 4.78 is 5.43. The highest BCUT2D eigenvalue weighted by Crippen LogP contribution is 2.22. The predicted molar refractivity (Wildman–Crippen MR) is 79.0 cm³/mol. The monoisotopic (exact) mass is 291 g/mol. The number of ether oxygens (including phenoxy) is 1. The van der Waals surface area contributed by atoms with Crippen LogP contribution in [0.2, 0.25) is 0 Å². The molecule has 21 heavy (non-hydrogen) atoms. The van der Waals surface area contributed by atoms with Gasteiger partial charge in [-0.1, -0.05) is 12.1 Å². The summed E-state index contributed by atoms with van der Waals surface area (Å²) in [5.41, 5.74) is 12.5. The van der Waals surface area contributed by atoms with Gasteiger partial charge in [0.05, 0.1) is 25.2 Å². The third-order valence-corrected chi connectivity index (χ3v) is 3.53. The Bertz CT molecular complexity index is 533. The maximum Gasteiger partial charge on any atom is 0.237 e. The van der Waals surface area contributed by atoms with Crippen LogP contribution in [0.5, 0.6) is 0 Å². The van der Waals surface area contributed by atoms with Gasteiger partial charge >= 0.3 is 0 Å². The molecule has 0 spiro atoms. The van der Waals surface area contributed by atoms with Gasteiger partial charge in [-0.3, -0.25) is 9.59 Å². The van der Waals surface area contributed by atoms with Crippen molar-refractivity contribution >= 4 is 17.5 Å². The molecule has 114 valence electrons. The summed E-state index contributed by atoms with van der Waals surface area (Å²) in [5, 5.41) is 0. The van der Waals surface area contributed by atoms with Gasteiger partial charge in [0.2, 0.25) is 11.8 Å². The van der Waals surface area contributed by atoms with E-state index in [1.807, 2.05) is 19.1 Å². The van der Waals surface area contributed by atoms with Gasteiger partial charge in [0.15, 0.2) is 0 Å². The van der Waals surface area contributed by atoms with E-state index in [9.17, 15) is 9.59 Å². The van der Waals surface area contributed by atoms with E-state index >= 15 is 0 Å². The minimum Gasteiger partial charge on any atom is -0.399 e. The highest BCUT2D eigenvalue weighted by molar-refractivity contribution is 5.85. The zero-order chi connectivity index (χ0) is 15.4. The van der Waals surface area contributed by atoms with Crippen molar-refractivity contribution in [2.75, 3.05) is 18.9 Å². The number of benzene rings is 1. The second-order valence-electron chi connectivity index (χ2n) is 5.48. The normalized spacial score (nSPS) is 21.2. The molecule has 1 saturated heterocycles. The van der Waals surface area contributed by atoms with E-state index in [-0.39, 0.29) is 24.5 Å². The molecule has 0 radical (unpaired) electrons. The number of nitrogens with zero attached hydrogens (tertiary/aromatic N) is 1. The Balaban J connectivity index is 2.10. The van der Waals surface area contributed by atoms with Crippen molar-refractivity contribution in [3.63, 3.8) is 0 Å². The van der Waals surface area contributed by atoms with E-state index in [0.29, 0.717) is 25.3 Å². The summed E-state index contributed by atoms with van der Waals surface area (Å²) in [4.78, 5) is 25.2. The zero-order valence-corrected chi connectivity index (χ0v) is 12.1. The summed E-state index contributed by atoms with van der Waals surface area (Å²) in [7, 11) is 0. The van der Waals surface area contributed by atoms with Crippen LogP contribution in [-0.2, 0) is 20.9 Å². The number of hydrogen-bond donors (Lipinski definition) is 2. The number of hydrogen-bond acceptors (Lipinski definition) is 4. The first-order valence-corrected chi connectivity index (χ1v) is 6.99. The van der Waals surface area contributed by atoms with Crippen LogP contribution in [0.15, 0.2) is 24.3 Å². The number of nitrogen functional groups attached to an aromatic ring is 1. The predicted octanol–water partition coefficient (Wildman–Crippen LogP) is 0.508. The Kier molecular flexibility index (Phi) is 4.80. The van der Waals surface area contributed by atoms with Crippen LogP contribution in [0, 0.1) is 5.92 Å². The maximum atomic E-state index is 12.5. The summed E-state index contributed by atoms with van der Waals surface area (Å²) in [6.45, 7) is 2.55. The van der Waals surface area contributed by atoms with Crippen LogP contribution in [0.1, 0.15) is 18.9 Å². The Morgan fingerprint density at radius 3 is 2.76 bits per heavy atom. The summed E-state index contributed by atoms with van der Waals surface area (Å²) in [6.07, 6.45) is 0.743. The Morgan fingerprint density at radius 2 is 2.19 bits per heavy atom. The van der Waals surface area contributed by atoms with Crippen molar-refractivity contribution in [1.29, 1.82) is 0 Å². The highest BCUT2D eigenvalue weighted by Gasteiger charge is 2.32. The second-order valence-corrected chi connectivity index (χ2v) is 5.48. The summed E-state index contributed by atoms with van der Waals surface area (Å²) >= 11 is 0. The first-order chi connectivity index (χ1) is 9.95. The topological polar surface area (TPSA) is 98.7 Å². The number of amides is 2. The van der Waals surface area contributed by atoms with E-state index in [0.717, 1.165) is 5.56 Å². The lowest BCUT2D eigenvalue weighted by Crippen LogP contribution is -2.41. The smallest absolute Gasteiger partial charge is 0.237 e. The lowest BCUT2D eigenvalue weighted by atomic mass is 10.0. The fourth-order valence-electron chi connectivity index (χ4n) is 2.56. The van der Waals surface area contributed by atoms with E-state index in [4.69, 9.17) is 16.2 Å². The molecular formula is C15H21N3O3. The first kappa shape index (κ1) is 15.3. The van der Waals surface area contributed by atoms with E-state index in [1.165, 1.54) is 4.90 Å². The zero-order valence-electron chi connectivity index (χ0n) is 12.1. The van der Waals surface area contributed by atoms with Gasteiger partial charge in [-0.2, -0.15) is 0 Å². The van der Waals surface area contributed by atoms with Gasteiger partial charge in [-0.25, -0.2) is 0 Å². The molecule has 0 bridgehead atoms. The van der Waals surface area contributed by atoms with Crippen LogP contribution in [0.25, 0.3) is 0 Å². The van der Waals surface area contributed by atoms with Crippen molar-refractivity contribution in [3.8, 4) is 0 Å². The summed E-state index contributed by atoms with van der Waals surface area (Å²) in [6, 6.07) is 7.25. The fraction of sp³-hybridized carbons (Fsp3) is 0.467. The molecule has 2 rings (SSSR count). The van der Waals surface area contributed by atoms with Gasteiger partial charge in [-0.15, -0.1) is 0 Å². The lowest BCUT2D eigenvalue weighted by molar-refractivity contribution is -0.139. The number of primary amides is 1. The summed E-state index contributed by atoms with van der Waals surface area (Å²) in [5.74, 6) is -0.833. The molecule has 6 nitrogen and oxygen atoms in total. The highest BCUT2D eigenvalue weighted by atomic mass is 16.5. The molecule has 0 saturated carbocycles. The molecule has 0 aliphatic carbocycles. The lowest BCUT2D eigenvalue weighted by Gasteiger charge is -2.24. The molecule has 1 aliphatic rings. The average molecular weight is 291 g/mol. The first-order valence-electron chi connectivity index (χ1n) is 6.99. The maximum absolute atomic E-state index is 12.5. The Labute approximate surface area is 124 Å². The van der Waals surface area contributed by atoms with Crippen LogP contribution >= 0.6 is 0 Å². The largest absolute Gasteiger partial charge is 0.399 e. The molecule has 2 amide bonds. The van der Waals surface area contributed by atoms with Crippen molar-refractivity contribution in [2.45, 2.75) is 26.0 Å². The molecule has 1 aromatic carbocycles. The van der Waals surface area contributed by atoms with Crippen LogP contribution in [0.3, 0.4) is 0 Å². The van der Waals surface area contributed by atoms with Gasteiger partial charge in [0, 0.05) is 12.2 Å². The SMILES string of the molecule is CC1CC(C(=O)N(CC(N)=O)Cc2cccc(N)c2)CO1. The number of carbonyl (C=O) groups is 2. The van der Waals surface area contributed by atoms with Crippen LogP contribution < -0.4 is 11.5 Å². The fourth-order valence-corrected chi connectivity index (χ4v) is 2.56. The van der Waals surface area contributed by atoms with Crippen molar-refractivity contribution in [2.24, 2.45) is 11.7 Å². The third-order valence-electron chi connectivity index (χ3n) is 3.53. The standard InChI is InChI=1S/C15H21N3O3/c1-10-5-12(9-21-10)15(20)18(8-14(17)19)7-11-3-2-4-13(16)6-11/h2-4,6,10,12H,5,7-9,16H2,1H3,(H2,17,19). The molecule has 1 aromatic rings. The van der Waals surface area contributed by atoms with Crippen molar-refractivity contribution < 1.29 is 14.3 Å². The molecule has 1 fully saturated rings. The van der Waals surface area contributed by atoms with E-state index < -0.39 is 5.91 Å². The number of nitrogens with two attached hydrogens (primary N) is 2. The van der Waals surface area contributed by atoms with Crippen LogP contribution in [0.4, 0.5) is 5.69 Å². The average Bonchev–Trinajstić information content (AvgIpc) is 2.83. The van der Waals surface area contributed by atoms with Crippen LogP contribution in [-0.4, -0.2) is 36.0 Å². The van der Waals surface area contributed by atoms with Crippen molar-refractivity contribution in [1.82, 2.24) is 4.90 Å². The van der Waals surface area contributed by atoms with E-state index in [2.05, 4.69) is 0 Å². The molecule has 0 aromatic heterocycles. The van der Waals surface area contributed by atoms with Crippen molar-refractivity contribution in [3.05, 3.63) is 29.8 Å². The number of anilines is 1. The molecule has 2 unspecified atom stereocenters. The number of carbonyl (C=O) groups excluding carboxylic acids is 2. The third kappa shape index (κ3) is 4.19. The van der Waals surface area contributed by atoms with E-state index in [1.54, 1.807) is 12.1 Å². The molecule has 1 heterocycles. The minimum absolute atomic E-state index is 0.0711. The molecular weight excluding hydrogens is 270 g/mol. The van der Waals surface area contributed by atoms with Gasteiger partial charge in [0.25, 0.3) is 0 Å². The number of rotatable bonds is 5. The molecule has 1 aliphatic heterocycles. The molecule has 4 N–H and O–H groups in total. The molecule has 6 heteroatoms. The quantitative estimate of drug-likeness (QED) is 0.772. The van der Waals surface area contributed by atoms with Gasteiger partial charge in [-0.05, 0) is 31.0 Å². The van der Waals surface area contributed by atoms with Gasteiger partial charge < -0.3 is 21.1 Å². The van der Waals surface area contributed by atoms with Gasteiger partial charge in [0.1, 0.15) is 0 Å². The Morgan fingerprint density at radius 1 is 1.43 bits per heavy atom. The minimum atomic E-state index is -0.529. The molecule has 2 atom stereocenters. The second kappa shape index (κ2) is 6.58.